The molecule has 1 aromatic rings. The molecule has 2 N–H and O–H groups in total. The highest BCUT2D eigenvalue weighted by Gasteiger charge is 2.28. The molecule has 1 aliphatic rings. The monoisotopic (exact) mass is 293 g/mol. The lowest BCUT2D eigenvalue weighted by molar-refractivity contribution is -0.0174. The van der Waals surface area contributed by atoms with Crippen molar-refractivity contribution in [3.8, 4) is 11.5 Å². The minimum Gasteiger partial charge on any atom is -0.492 e. The normalized spacial score (nSPS) is 18.0. The summed E-state index contributed by atoms with van der Waals surface area (Å²) in [5.74, 6) is 1.56. The van der Waals surface area contributed by atoms with Gasteiger partial charge in [-0.3, -0.25) is 0 Å². The van der Waals surface area contributed by atoms with Gasteiger partial charge in [0.25, 0.3) is 0 Å². The van der Waals surface area contributed by atoms with E-state index in [1.54, 1.807) is 0 Å². The Bertz CT molecular complexity index is 414. The molecular weight excluding hydrogens is 266 g/mol. The van der Waals surface area contributed by atoms with Gasteiger partial charge in [-0.2, -0.15) is 0 Å². The zero-order chi connectivity index (χ0) is 15.0. The number of nitrogens with one attached hydrogen (secondary N) is 1. The Morgan fingerprint density at radius 2 is 1.76 bits per heavy atom. The van der Waals surface area contributed by atoms with Crippen LogP contribution in [-0.2, 0) is 0 Å². The fourth-order valence-corrected chi connectivity index (χ4v) is 2.67. The van der Waals surface area contributed by atoms with Crippen LogP contribution in [-0.4, -0.2) is 37.5 Å². The fourth-order valence-electron chi connectivity index (χ4n) is 2.67. The summed E-state index contributed by atoms with van der Waals surface area (Å²) in [6.45, 7) is 1.81. The molecule has 0 unspecified atom stereocenters. The van der Waals surface area contributed by atoms with E-state index in [1.807, 2.05) is 31.3 Å². The molecule has 118 valence electrons. The highest BCUT2D eigenvalue weighted by molar-refractivity contribution is 5.33. The molecule has 0 aliphatic heterocycles. The lowest BCUT2D eigenvalue weighted by Gasteiger charge is -2.26. The van der Waals surface area contributed by atoms with E-state index < -0.39 is 5.60 Å². The smallest absolute Gasteiger partial charge is 0.123 e. The molecule has 0 aromatic heterocycles. The molecule has 0 saturated heterocycles. The molecule has 0 atom stereocenters. The molecule has 0 spiro atoms. The van der Waals surface area contributed by atoms with Crippen LogP contribution in [0.1, 0.15) is 38.5 Å². The Hall–Kier alpha value is -1.26. The Morgan fingerprint density at radius 1 is 1.10 bits per heavy atom. The molecule has 0 radical (unpaired) electrons. The third-order valence-electron chi connectivity index (χ3n) is 3.97. The zero-order valence-electron chi connectivity index (χ0n) is 12.9. The van der Waals surface area contributed by atoms with Gasteiger partial charge in [-0.15, -0.1) is 0 Å². The molecule has 0 heterocycles. The number of likely N-dealkylation sites (N-methyl/N-ethyl adjacent to an activating group) is 1. The maximum Gasteiger partial charge on any atom is 0.123 e. The van der Waals surface area contributed by atoms with Gasteiger partial charge in [-0.1, -0.05) is 31.7 Å². The van der Waals surface area contributed by atoms with Crippen LogP contribution < -0.4 is 14.8 Å². The first-order valence-corrected chi connectivity index (χ1v) is 7.94. The van der Waals surface area contributed by atoms with Crippen molar-refractivity contribution in [1.29, 1.82) is 0 Å². The SMILES string of the molecule is CNCCOc1cccc(OCC2(O)CCCCCC2)c1. The van der Waals surface area contributed by atoms with E-state index in [-0.39, 0.29) is 0 Å². The molecule has 1 aliphatic carbocycles. The summed E-state index contributed by atoms with van der Waals surface area (Å²) >= 11 is 0. The molecule has 2 rings (SSSR count). The maximum atomic E-state index is 10.6. The van der Waals surface area contributed by atoms with E-state index in [0.29, 0.717) is 13.2 Å². The summed E-state index contributed by atoms with van der Waals surface area (Å²) in [7, 11) is 1.90. The molecule has 1 saturated carbocycles. The highest BCUT2D eigenvalue weighted by Crippen LogP contribution is 2.28. The second kappa shape index (κ2) is 8.25. The summed E-state index contributed by atoms with van der Waals surface area (Å²) in [5.41, 5.74) is -0.667. The van der Waals surface area contributed by atoms with Crippen molar-refractivity contribution in [2.24, 2.45) is 0 Å². The van der Waals surface area contributed by atoms with Crippen molar-refractivity contribution in [2.45, 2.75) is 44.1 Å². The maximum absolute atomic E-state index is 10.6. The molecule has 4 nitrogen and oxygen atoms in total. The predicted molar refractivity (Wildman–Crippen MR) is 84.0 cm³/mol. The van der Waals surface area contributed by atoms with Crippen LogP contribution in [0.4, 0.5) is 0 Å². The van der Waals surface area contributed by atoms with Gasteiger partial charge in [0.05, 0.1) is 5.60 Å². The summed E-state index contributed by atoms with van der Waals surface area (Å²) in [5, 5.41) is 13.6. The molecule has 1 aromatic carbocycles. The molecular formula is C17H27NO3. The van der Waals surface area contributed by atoms with Crippen LogP contribution in [0.25, 0.3) is 0 Å². The highest BCUT2D eigenvalue weighted by atomic mass is 16.5. The number of aliphatic hydroxyl groups is 1. The first-order chi connectivity index (χ1) is 10.2. The second-order valence-electron chi connectivity index (χ2n) is 5.85. The Morgan fingerprint density at radius 3 is 2.43 bits per heavy atom. The number of hydrogen-bond acceptors (Lipinski definition) is 4. The molecule has 1 fully saturated rings. The van der Waals surface area contributed by atoms with Crippen LogP contribution in [0.5, 0.6) is 11.5 Å². The van der Waals surface area contributed by atoms with Gasteiger partial charge < -0.3 is 19.9 Å². The Kier molecular flexibility index (Phi) is 6.33. The van der Waals surface area contributed by atoms with Crippen molar-refractivity contribution in [2.75, 3.05) is 26.8 Å². The van der Waals surface area contributed by atoms with Gasteiger partial charge in [-0.05, 0) is 32.0 Å². The summed E-state index contributed by atoms with van der Waals surface area (Å²) in [6.07, 6.45) is 6.30. The molecule has 4 heteroatoms. The van der Waals surface area contributed by atoms with Crippen molar-refractivity contribution < 1.29 is 14.6 Å². The summed E-state index contributed by atoms with van der Waals surface area (Å²) in [6, 6.07) is 7.63. The average Bonchev–Trinajstić information content (AvgIpc) is 2.71. The topological polar surface area (TPSA) is 50.7 Å². The molecule has 21 heavy (non-hydrogen) atoms. The first kappa shape index (κ1) is 16.1. The van der Waals surface area contributed by atoms with Crippen molar-refractivity contribution in [3.63, 3.8) is 0 Å². The fraction of sp³-hybridized carbons (Fsp3) is 0.647. The Labute approximate surface area is 127 Å². The van der Waals surface area contributed by atoms with Crippen LogP contribution in [0.2, 0.25) is 0 Å². The molecule has 0 bridgehead atoms. The van der Waals surface area contributed by atoms with Gasteiger partial charge in [0, 0.05) is 12.6 Å². The largest absolute Gasteiger partial charge is 0.492 e. The average molecular weight is 293 g/mol. The quantitative estimate of drug-likeness (QED) is 0.599. The minimum absolute atomic E-state index is 0.368. The van der Waals surface area contributed by atoms with E-state index in [0.717, 1.165) is 43.7 Å². The van der Waals surface area contributed by atoms with Crippen LogP contribution in [0.3, 0.4) is 0 Å². The number of hydrogen-bond donors (Lipinski definition) is 2. The first-order valence-electron chi connectivity index (χ1n) is 7.94. The van der Waals surface area contributed by atoms with Crippen LogP contribution in [0, 0.1) is 0 Å². The van der Waals surface area contributed by atoms with Gasteiger partial charge in [-0.25, -0.2) is 0 Å². The Balaban J connectivity index is 1.85. The van der Waals surface area contributed by atoms with Crippen LogP contribution in [0.15, 0.2) is 24.3 Å². The number of benzene rings is 1. The standard InChI is InChI=1S/C17H27NO3/c1-18-11-12-20-15-7-6-8-16(13-15)21-14-17(19)9-4-2-3-5-10-17/h6-8,13,18-19H,2-5,9-12,14H2,1H3. The van der Waals surface area contributed by atoms with Crippen molar-refractivity contribution in [3.05, 3.63) is 24.3 Å². The lowest BCUT2D eigenvalue weighted by Crippen LogP contribution is -2.35. The van der Waals surface area contributed by atoms with Gasteiger partial charge in [0.2, 0.25) is 0 Å². The third-order valence-corrected chi connectivity index (χ3v) is 3.97. The molecule has 0 amide bonds. The number of ether oxygens (including phenoxy) is 2. The van der Waals surface area contributed by atoms with E-state index in [9.17, 15) is 5.11 Å². The predicted octanol–water partition coefficient (Wildman–Crippen LogP) is 2.75. The lowest BCUT2D eigenvalue weighted by atomic mass is 9.96. The minimum atomic E-state index is -0.667. The van der Waals surface area contributed by atoms with Gasteiger partial charge >= 0.3 is 0 Å². The van der Waals surface area contributed by atoms with E-state index in [2.05, 4.69) is 5.32 Å². The van der Waals surface area contributed by atoms with Crippen molar-refractivity contribution >= 4 is 0 Å². The number of rotatable bonds is 7. The zero-order valence-corrected chi connectivity index (χ0v) is 12.9. The van der Waals surface area contributed by atoms with Gasteiger partial charge in [0.1, 0.15) is 24.7 Å². The van der Waals surface area contributed by atoms with E-state index >= 15 is 0 Å². The van der Waals surface area contributed by atoms with Crippen molar-refractivity contribution in [1.82, 2.24) is 5.32 Å². The third kappa shape index (κ3) is 5.56. The van der Waals surface area contributed by atoms with E-state index in [4.69, 9.17) is 9.47 Å². The van der Waals surface area contributed by atoms with Crippen LogP contribution >= 0.6 is 0 Å². The summed E-state index contributed by atoms with van der Waals surface area (Å²) < 4.78 is 11.4. The second-order valence-corrected chi connectivity index (χ2v) is 5.85. The van der Waals surface area contributed by atoms with E-state index in [1.165, 1.54) is 12.8 Å². The summed E-state index contributed by atoms with van der Waals surface area (Å²) in [4.78, 5) is 0. The van der Waals surface area contributed by atoms with Gasteiger partial charge in [0.15, 0.2) is 0 Å².